The van der Waals surface area contributed by atoms with E-state index in [0.29, 0.717) is 5.57 Å². The number of cyclic esters (lactones) is 1. The van der Waals surface area contributed by atoms with Crippen molar-refractivity contribution in [2.45, 2.75) is 0 Å². The molecule has 0 unspecified atom stereocenters. The van der Waals surface area contributed by atoms with Gasteiger partial charge in [-0.1, -0.05) is 0 Å². The Labute approximate surface area is 69.5 Å². The van der Waals surface area contributed by atoms with E-state index in [9.17, 15) is 9.59 Å². The third-order valence-corrected chi connectivity index (χ3v) is 1.32. The number of carbonyl (C=O) groups is 2. The average molecular weight is 168 g/mol. The van der Waals surface area contributed by atoms with Crippen LogP contribution in [0.3, 0.4) is 0 Å². The van der Waals surface area contributed by atoms with E-state index in [1.807, 2.05) is 0 Å². The molecule has 4 nitrogen and oxygen atoms in total. The smallest absolute Gasteiger partial charge is 0.331 e. The lowest BCUT2D eigenvalue weighted by atomic mass is 10.2. The van der Waals surface area contributed by atoms with Crippen molar-refractivity contribution in [2.24, 2.45) is 0 Å². The molecule has 0 saturated heterocycles. The highest BCUT2D eigenvalue weighted by Gasteiger charge is 2.09. The summed E-state index contributed by atoms with van der Waals surface area (Å²) in [7, 11) is 1.29. The molecule has 0 radical (unpaired) electrons. The Kier molecular flexibility index (Phi) is 2.63. The predicted octanol–water partition coefficient (Wildman–Crippen LogP) is 0.199. The summed E-state index contributed by atoms with van der Waals surface area (Å²) in [6.07, 6.45) is 4.07. The summed E-state index contributed by atoms with van der Waals surface area (Å²) in [6.45, 7) is 0.228. The van der Waals surface area contributed by atoms with Crippen molar-refractivity contribution in [3.8, 4) is 0 Å². The van der Waals surface area contributed by atoms with E-state index in [0.717, 1.165) is 0 Å². The molecule has 0 bridgehead atoms. The molecule has 0 atom stereocenters. The van der Waals surface area contributed by atoms with Gasteiger partial charge in [0.1, 0.15) is 6.61 Å². The number of hydrogen-bond donors (Lipinski definition) is 0. The van der Waals surface area contributed by atoms with Gasteiger partial charge in [-0.15, -0.1) is 0 Å². The van der Waals surface area contributed by atoms with Crippen LogP contribution in [0.2, 0.25) is 0 Å². The largest absolute Gasteiger partial charge is 0.466 e. The molecule has 0 saturated carbocycles. The van der Waals surface area contributed by atoms with Crippen molar-refractivity contribution in [3.05, 3.63) is 23.8 Å². The first-order valence-corrected chi connectivity index (χ1v) is 3.36. The fraction of sp³-hybridized carbons (Fsp3) is 0.250. The van der Waals surface area contributed by atoms with Crippen LogP contribution in [-0.4, -0.2) is 25.7 Å². The fourth-order valence-electron chi connectivity index (χ4n) is 0.729. The van der Waals surface area contributed by atoms with E-state index < -0.39 is 5.97 Å². The lowest BCUT2D eigenvalue weighted by molar-refractivity contribution is -0.135. The van der Waals surface area contributed by atoms with Gasteiger partial charge in [0.2, 0.25) is 0 Å². The number of carbonyl (C=O) groups excluding carboxylic acids is 2. The second kappa shape index (κ2) is 3.71. The van der Waals surface area contributed by atoms with Crippen molar-refractivity contribution < 1.29 is 19.1 Å². The molecule has 12 heavy (non-hydrogen) atoms. The SMILES string of the molecule is COC(=O)/C=C\C1=CC(=O)OC1. The molecule has 0 aromatic carbocycles. The number of hydrogen-bond acceptors (Lipinski definition) is 4. The average Bonchev–Trinajstić information content (AvgIpc) is 2.47. The van der Waals surface area contributed by atoms with Crippen molar-refractivity contribution >= 4 is 11.9 Å². The van der Waals surface area contributed by atoms with Gasteiger partial charge >= 0.3 is 11.9 Å². The molecule has 64 valence electrons. The van der Waals surface area contributed by atoms with Gasteiger partial charge in [-0.2, -0.15) is 0 Å². The second-order valence-corrected chi connectivity index (χ2v) is 2.18. The van der Waals surface area contributed by atoms with Crippen LogP contribution >= 0.6 is 0 Å². The maximum Gasteiger partial charge on any atom is 0.331 e. The molecule has 4 heteroatoms. The Balaban J connectivity index is 2.52. The Hall–Kier alpha value is -1.58. The molecule has 0 aromatic rings. The molecular weight excluding hydrogens is 160 g/mol. The number of rotatable bonds is 2. The van der Waals surface area contributed by atoms with Gasteiger partial charge in [-0.05, 0) is 11.6 Å². The summed E-state index contributed by atoms with van der Waals surface area (Å²) in [5, 5.41) is 0. The predicted molar refractivity (Wildman–Crippen MR) is 40.2 cm³/mol. The zero-order valence-electron chi connectivity index (χ0n) is 6.57. The van der Waals surface area contributed by atoms with Crippen LogP contribution in [0.15, 0.2) is 23.8 Å². The number of ether oxygens (including phenoxy) is 2. The van der Waals surface area contributed by atoms with Crippen LogP contribution < -0.4 is 0 Å². The van der Waals surface area contributed by atoms with Gasteiger partial charge in [0.25, 0.3) is 0 Å². The van der Waals surface area contributed by atoms with Crippen LogP contribution in [0.1, 0.15) is 0 Å². The van der Waals surface area contributed by atoms with Crippen LogP contribution in [0.5, 0.6) is 0 Å². The molecule has 0 spiro atoms. The second-order valence-electron chi connectivity index (χ2n) is 2.18. The van der Waals surface area contributed by atoms with Crippen molar-refractivity contribution in [2.75, 3.05) is 13.7 Å². The van der Waals surface area contributed by atoms with Gasteiger partial charge in [0, 0.05) is 12.2 Å². The third-order valence-electron chi connectivity index (χ3n) is 1.32. The van der Waals surface area contributed by atoms with Crippen molar-refractivity contribution in [1.82, 2.24) is 0 Å². The minimum Gasteiger partial charge on any atom is -0.466 e. The molecule has 1 rings (SSSR count). The lowest BCUT2D eigenvalue weighted by Crippen LogP contribution is -1.94. The van der Waals surface area contributed by atoms with Crippen LogP contribution in [0.4, 0.5) is 0 Å². The van der Waals surface area contributed by atoms with Crippen LogP contribution in [0.25, 0.3) is 0 Å². The molecule has 1 aliphatic heterocycles. The number of methoxy groups -OCH3 is 1. The first-order chi connectivity index (χ1) is 5.72. The van der Waals surface area contributed by atoms with E-state index in [1.165, 1.54) is 25.3 Å². The summed E-state index contributed by atoms with van der Waals surface area (Å²) < 4.78 is 8.95. The summed E-state index contributed by atoms with van der Waals surface area (Å²) in [4.78, 5) is 21.1. The third kappa shape index (κ3) is 2.23. The molecule has 0 amide bonds. The highest BCUT2D eigenvalue weighted by atomic mass is 16.5. The van der Waals surface area contributed by atoms with E-state index >= 15 is 0 Å². The van der Waals surface area contributed by atoms with Gasteiger partial charge in [0.15, 0.2) is 0 Å². The van der Waals surface area contributed by atoms with Gasteiger partial charge in [-0.25, -0.2) is 9.59 Å². The Morgan fingerprint density at radius 2 is 2.50 bits per heavy atom. The fourth-order valence-corrected chi connectivity index (χ4v) is 0.729. The molecular formula is C8H8O4. The zero-order valence-corrected chi connectivity index (χ0v) is 6.57. The topological polar surface area (TPSA) is 52.6 Å². The first-order valence-electron chi connectivity index (χ1n) is 3.36. The Bertz CT molecular complexity index is 262. The highest BCUT2D eigenvalue weighted by molar-refractivity contribution is 5.87. The summed E-state index contributed by atoms with van der Waals surface area (Å²) in [5.74, 6) is -0.824. The lowest BCUT2D eigenvalue weighted by Gasteiger charge is -1.90. The first kappa shape index (κ1) is 8.52. The van der Waals surface area contributed by atoms with Gasteiger partial charge in [-0.3, -0.25) is 0 Å². The molecule has 0 fully saturated rings. The molecule has 1 heterocycles. The van der Waals surface area contributed by atoms with Crippen LogP contribution in [-0.2, 0) is 19.1 Å². The normalized spacial score (nSPS) is 16.1. The Morgan fingerprint density at radius 3 is 3.00 bits per heavy atom. The maximum atomic E-state index is 10.6. The number of esters is 2. The monoisotopic (exact) mass is 168 g/mol. The van der Waals surface area contributed by atoms with Crippen molar-refractivity contribution in [1.29, 1.82) is 0 Å². The molecule has 0 aliphatic carbocycles. The standard InChI is InChI=1S/C8H8O4/c1-11-7(9)3-2-6-4-8(10)12-5-6/h2-4H,5H2,1H3/b3-2-. The quantitative estimate of drug-likeness (QED) is 0.436. The maximum absolute atomic E-state index is 10.6. The Morgan fingerprint density at radius 1 is 1.75 bits per heavy atom. The molecule has 0 N–H and O–H groups in total. The van der Waals surface area contributed by atoms with E-state index in [2.05, 4.69) is 9.47 Å². The van der Waals surface area contributed by atoms with E-state index in [1.54, 1.807) is 0 Å². The zero-order chi connectivity index (χ0) is 8.97. The van der Waals surface area contributed by atoms with E-state index in [4.69, 9.17) is 0 Å². The molecule has 0 aromatic heterocycles. The van der Waals surface area contributed by atoms with Crippen LogP contribution in [0, 0.1) is 0 Å². The van der Waals surface area contributed by atoms with Crippen molar-refractivity contribution in [3.63, 3.8) is 0 Å². The summed E-state index contributed by atoms with van der Waals surface area (Å²) >= 11 is 0. The molecule has 1 aliphatic rings. The van der Waals surface area contributed by atoms with E-state index in [-0.39, 0.29) is 12.6 Å². The highest BCUT2D eigenvalue weighted by Crippen LogP contribution is 2.06. The minimum atomic E-state index is -0.449. The summed E-state index contributed by atoms with van der Waals surface area (Å²) in [5.41, 5.74) is 0.672. The minimum absolute atomic E-state index is 0.228. The summed E-state index contributed by atoms with van der Waals surface area (Å²) in [6, 6.07) is 0. The van der Waals surface area contributed by atoms with Gasteiger partial charge < -0.3 is 9.47 Å². The van der Waals surface area contributed by atoms with Gasteiger partial charge in [0.05, 0.1) is 7.11 Å².